The van der Waals surface area contributed by atoms with Gasteiger partial charge in [-0.1, -0.05) is 54.4 Å². The minimum atomic E-state index is -4.01. The number of sulfone groups is 1. The summed E-state index contributed by atoms with van der Waals surface area (Å²) in [7, 11) is -4.01. The third-order valence-corrected chi connectivity index (χ3v) is 8.81. The van der Waals surface area contributed by atoms with Crippen molar-refractivity contribution in [2.24, 2.45) is 0 Å². The van der Waals surface area contributed by atoms with Gasteiger partial charge in [-0.3, -0.25) is 4.79 Å². The van der Waals surface area contributed by atoms with Crippen molar-refractivity contribution < 1.29 is 13.2 Å². The van der Waals surface area contributed by atoms with Gasteiger partial charge in [-0.2, -0.15) is 0 Å². The van der Waals surface area contributed by atoms with Gasteiger partial charge >= 0.3 is 0 Å². The maximum atomic E-state index is 13.7. The molecule has 0 atom stereocenters. The lowest BCUT2D eigenvalue weighted by Gasteiger charge is -2.12. The van der Waals surface area contributed by atoms with Crippen LogP contribution in [0, 0.1) is 6.92 Å². The molecule has 0 spiro atoms. The predicted molar refractivity (Wildman–Crippen MR) is 139 cm³/mol. The van der Waals surface area contributed by atoms with Gasteiger partial charge in [-0.15, -0.1) is 11.3 Å². The van der Waals surface area contributed by atoms with Gasteiger partial charge in [0.1, 0.15) is 14.8 Å². The third kappa shape index (κ3) is 4.59. The van der Waals surface area contributed by atoms with Crippen LogP contribution in [0.25, 0.3) is 0 Å². The monoisotopic (exact) mass is 510 g/mol. The molecule has 1 aromatic heterocycles. The molecule has 0 radical (unpaired) electrons. The van der Waals surface area contributed by atoms with Crippen molar-refractivity contribution in [3.05, 3.63) is 99.4 Å². The topological polar surface area (TPSA) is 89.3 Å². The van der Waals surface area contributed by atoms with Crippen LogP contribution in [-0.2, 0) is 16.3 Å². The highest BCUT2D eigenvalue weighted by atomic mass is 35.5. The Morgan fingerprint density at radius 2 is 1.65 bits per heavy atom. The van der Waals surface area contributed by atoms with Gasteiger partial charge in [0.2, 0.25) is 15.6 Å². The van der Waals surface area contributed by atoms with E-state index >= 15 is 0 Å². The second-order valence-electron chi connectivity index (χ2n) is 7.79. The van der Waals surface area contributed by atoms with Gasteiger partial charge in [0, 0.05) is 16.3 Å². The Kier molecular flexibility index (Phi) is 6.79. The zero-order valence-corrected chi connectivity index (χ0v) is 21.0. The van der Waals surface area contributed by atoms with Gasteiger partial charge in [0.05, 0.1) is 10.6 Å². The fraction of sp³-hybridized carbons (Fsp3) is 0.115. The van der Waals surface area contributed by atoms with E-state index < -0.39 is 9.84 Å². The van der Waals surface area contributed by atoms with Crippen LogP contribution in [0.15, 0.2) is 82.6 Å². The lowest BCUT2D eigenvalue weighted by atomic mass is 10.1. The van der Waals surface area contributed by atoms with Crippen molar-refractivity contribution in [2.75, 3.05) is 11.1 Å². The number of rotatable bonds is 7. The lowest BCUT2D eigenvalue weighted by Crippen LogP contribution is -2.08. The number of hydrogen-bond donors (Lipinski definition) is 2. The average molecular weight is 511 g/mol. The number of nitrogen functional groups attached to an aromatic ring is 1. The van der Waals surface area contributed by atoms with Crippen molar-refractivity contribution in [3.63, 3.8) is 0 Å². The Balaban J connectivity index is 1.90. The van der Waals surface area contributed by atoms with Crippen molar-refractivity contribution in [3.8, 4) is 0 Å². The number of carbonyl (C=O) groups excluding carboxylic acids is 1. The van der Waals surface area contributed by atoms with E-state index in [1.807, 2.05) is 38.1 Å². The van der Waals surface area contributed by atoms with Crippen LogP contribution < -0.4 is 11.1 Å². The minimum absolute atomic E-state index is 0.0676. The normalized spacial score (nSPS) is 11.4. The summed E-state index contributed by atoms with van der Waals surface area (Å²) in [5.74, 6) is -0.364. The molecule has 0 amide bonds. The molecule has 174 valence electrons. The number of thiophene rings is 1. The zero-order valence-electron chi connectivity index (χ0n) is 18.6. The van der Waals surface area contributed by atoms with E-state index in [1.54, 1.807) is 48.5 Å². The smallest absolute Gasteiger partial charge is 0.211 e. The second kappa shape index (κ2) is 9.62. The quantitative estimate of drug-likeness (QED) is 0.271. The van der Waals surface area contributed by atoms with Crippen LogP contribution >= 0.6 is 22.9 Å². The van der Waals surface area contributed by atoms with E-state index in [-0.39, 0.29) is 26.1 Å². The fourth-order valence-corrected chi connectivity index (χ4v) is 6.64. The molecule has 0 saturated heterocycles. The first kappa shape index (κ1) is 24.0. The predicted octanol–water partition coefficient (Wildman–Crippen LogP) is 6.66. The van der Waals surface area contributed by atoms with Crippen molar-refractivity contribution in [1.29, 1.82) is 0 Å². The number of carbonyl (C=O) groups is 1. The molecule has 0 aliphatic rings. The highest BCUT2D eigenvalue weighted by molar-refractivity contribution is 7.92. The van der Waals surface area contributed by atoms with Gasteiger partial charge in [0.15, 0.2) is 0 Å². The molecule has 4 aromatic rings. The number of ketones is 1. The molecule has 34 heavy (non-hydrogen) atoms. The minimum Gasteiger partial charge on any atom is -0.396 e. The molecule has 1 heterocycles. The highest BCUT2D eigenvalue weighted by Crippen LogP contribution is 2.44. The molecule has 0 aliphatic carbocycles. The van der Waals surface area contributed by atoms with E-state index in [1.165, 1.54) is 0 Å². The Bertz CT molecular complexity index is 1460. The number of nitrogens with two attached hydrogens (primary N) is 1. The number of nitrogens with one attached hydrogen (secondary N) is 1. The summed E-state index contributed by atoms with van der Waals surface area (Å²) in [6, 6.07) is 20.6. The average Bonchev–Trinajstić information content (AvgIpc) is 3.16. The van der Waals surface area contributed by atoms with Crippen LogP contribution in [0.4, 0.5) is 16.4 Å². The number of benzene rings is 3. The number of hydrogen-bond acceptors (Lipinski definition) is 6. The van der Waals surface area contributed by atoms with E-state index in [2.05, 4.69) is 5.32 Å². The number of para-hydroxylation sites is 1. The van der Waals surface area contributed by atoms with Crippen LogP contribution in [0.1, 0.15) is 33.3 Å². The van der Waals surface area contributed by atoms with Crippen molar-refractivity contribution in [2.45, 2.75) is 30.1 Å². The maximum Gasteiger partial charge on any atom is 0.211 e. The molecule has 8 heteroatoms. The highest BCUT2D eigenvalue weighted by Gasteiger charge is 2.32. The Hall–Kier alpha value is -3.13. The SMILES string of the molecule is CCc1ccccc1Nc1sc(C(=O)c2ccc(Cl)cc2)c(N)c1S(=O)(=O)c1ccc(C)cc1. The first-order valence-corrected chi connectivity index (χ1v) is 13.3. The van der Waals surface area contributed by atoms with E-state index in [9.17, 15) is 13.2 Å². The van der Waals surface area contributed by atoms with Crippen molar-refractivity contribution in [1.82, 2.24) is 0 Å². The Morgan fingerprint density at radius 1 is 1.00 bits per heavy atom. The molecular weight excluding hydrogens is 488 g/mol. The molecule has 3 N–H and O–H groups in total. The van der Waals surface area contributed by atoms with Crippen LogP contribution in [0.3, 0.4) is 0 Å². The van der Waals surface area contributed by atoms with Crippen LogP contribution in [0.5, 0.6) is 0 Å². The van der Waals surface area contributed by atoms with Gasteiger partial charge in [-0.25, -0.2) is 8.42 Å². The van der Waals surface area contributed by atoms with Crippen LogP contribution in [-0.4, -0.2) is 14.2 Å². The van der Waals surface area contributed by atoms with E-state index in [0.29, 0.717) is 15.6 Å². The van der Waals surface area contributed by atoms with Crippen molar-refractivity contribution >= 4 is 54.9 Å². The van der Waals surface area contributed by atoms with Crippen LogP contribution in [0.2, 0.25) is 5.02 Å². The number of anilines is 3. The molecule has 0 bridgehead atoms. The third-order valence-electron chi connectivity index (χ3n) is 5.46. The largest absolute Gasteiger partial charge is 0.396 e. The molecule has 0 saturated carbocycles. The summed E-state index contributed by atoms with van der Waals surface area (Å²) >= 11 is 6.99. The molecular formula is C26H23ClN2O3S2. The van der Waals surface area contributed by atoms with Gasteiger partial charge < -0.3 is 11.1 Å². The molecule has 5 nitrogen and oxygen atoms in total. The maximum absolute atomic E-state index is 13.7. The zero-order chi connectivity index (χ0) is 24.5. The lowest BCUT2D eigenvalue weighted by molar-refractivity contribution is 0.104. The summed E-state index contributed by atoms with van der Waals surface area (Å²) in [4.78, 5) is 13.5. The molecule has 4 rings (SSSR count). The Labute approximate surface area is 208 Å². The number of halogens is 1. The second-order valence-corrected chi connectivity index (χ2v) is 11.1. The first-order valence-electron chi connectivity index (χ1n) is 10.6. The number of aryl methyl sites for hydroxylation is 2. The summed E-state index contributed by atoms with van der Waals surface area (Å²) in [6.45, 7) is 3.90. The van der Waals surface area contributed by atoms with Gasteiger partial charge in [0.25, 0.3) is 0 Å². The molecule has 3 aromatic carbocycles. The molecule has 0 fully saturated rings. The van der Waals surface area contributed by atoms with Gasteiger partial charge in [-0.05, 0) is 61.4 Å². The molecule has 0 unspecified atom stereocenters. The first-order chi connectivity index (χ1) is 16.2. The van der Waals surface area contributed by atoms with E-state index in [0.717, 1.165) is 34.6 Å². The van der Waals surface area contributed by atoms with E-state index in [4.69, 9.17) is 17.3 Å². The summed E-state index contributed by atoms with van der Waals surface area (Å²) in [6.07, 6.45) is 0.751. The summed E-state index contributed by atoms with van der Waals surface area (Å²) < 4.78 is 27.4. The summed E-state index contributed by atoms with van der Waals surface area (Å²) in [5.41, 5.74) is 9.41. The fourth-order valence-electron chi connectivity index (χ4n) is 3.59. The summed E-state index contributed by atoms with van der Waals surface area (Å²) in [5, 5.41) is 4.04. The Morgan fingerprint density at radius 3 is 2.29 bits per heavy atom. The standard InChI is InChI=1S/C26H23ClN2O3S2/c1-3-17-6-4-5-7-21(17)29-26-25(34(31,32)20-14-8-16(2)9-15-20)22(28)24(33-26)23(30)18-10-12-19(27)13-11-18/h4-15,29H,3,28H2,1-2H3. The molecule has 0 aliphatic heterocycles.